The van der Waals surface area contributed by atoms with E-state index in [1.54, 1.807) is 18.2 Å². The van der Waals surface area contributed by atoms with Gasteiger partial charge in [-0.1, -0.05) is 153 Å². The van der Waals surface area contributed by atoms with E-state index in [4.69, 9.17) is 23.2 Å². The Kier molecular flexibility index (Phi) is 4.45. The van der Waals surface area contributed by atoms with E-state index < -0.39 is 85.2 Å². The molecular formula is C45H35N3. The van der Waals surface area contributed by atoms with Gasteiger partial charge < -0.3 is 0 Å². The molecular weight excluding hydrogens is 583 g/mol. The molecule has 0 N–H and O–H groups in total. The van der Waals surface area contributed by atoms with Crippen LogP contribution in [-0.4, -0.2) is 15.0 Å². The van der Waals surface area contributed by atoms with Crippen LogP contribution in [0.1, 0.15) is 60.9 Å². The molecule has 3 nitrogen and oxygen atoms in total. The van der Waals surface area contributed by atoms with Crippen molar-refractivity contribution in [1.82, 2.24) is 15.0 Å². The molecule has 48 heavy (non-hydrogen) atoms. The lowest BCUT2D eigenvalue weighted by Gasteiger charge is -2.36. The zero-order chi connectivity index (χ0) is 43.4. The maximum absolute atomic E-state index is 9.77. The van der Waals surface area contributed by atoms with Gasteiger partial charge in [-0.3, -0.25) is 0 Å². The van der Waals surface area contributed by atoms with Crippen LogP contribution in [0, 0.1) is 0 Å². The molecule has 0 amide bonds. The minimum absolute atomic E-state index is 0.123. The summed E-state index contributed by atoms with van der Waals surface area (Å²) < 4.78 is 118. The van der Waals surface area contributed by atoms with E-state index >= 15 is 0 Å². The van der Waals surface area contributed by atoms with Crippen LogP contribution >= 0.6 is 0 Å². The maximum atomic E-state index is 9.77. The summed E-state index contributed by atoms with van der Waals surface area (Å²) in [7, 11) is 0. The van der Waals surface area contributed by atoms with Crippen LogP contribution in [0.2, 0.25) is 0 Å². The minimum atomic E-state index is -2.86. The van der Waals surface area contributed by atoms with E-state index in [-0.39, 0.29) is 27.8 Å². The van der Waals surface area contributed by atoms with Crippen LogP contribution in [0.25, 0.3) is 67.5 Å². The second-order valence-corrected chi connectivity index (χ2v) is 11.7. The SMILES string of the molecule is [2H]c1c([2H])c([2H])c2c(c1[2H])-c1c([2H])c([2H])c(-c3cccc(-c4cccc(-c5nc(-c6ccccc6)nc(-c6ccccc6)n5)c4)c3)c([2H])c1C21C([2H])([2H])CC([2H])([2H])CC1([2H])[2H]. The van der Waals surface area contributed by atoms with Crippen molar-refractivity contribution in [2.45, 2.75) is 37.4 Å². The second-order valence-electron chi connectivity index (χ2n) is 11.7. The van der Waals surface area contributed by atoms with E-state index in [0.29, 0.717) is 34.2 Å². The quantitative estimate of drug-likeness (QED) is 0.190. The summed E-state index contributed by atoms with van der Waals surface area (Å²) >= 11 is 0. The molecule has 0 unspecified atom stereocenters. The maximum Gasteiger partial charge on any atom is 0.164 e. The summed E-state index contributed by atoms with van der Waals surface area (Å²) in [5.41, 5.74) is -0.355. The zero-order valence-electron chi connectivity index (χ0n) is 38.6. The van der Waals surface area contributed by atoms with E-state index in [1.165, 1.54) is 0 Å². The van der Waals surface area contributed by atoms with Crippen molar-refractivity contribution in [3.05, 3.63) is 163 Å². The molecule has 0 aliphatic heterocycles. The third kappa shape index (κ3) is 4.94. The third-order valence-electron chi connectivity index (χ3n) is 8.76. The Morgan fingerprint density at radius 2 is 0.979 bits per heavy atom. The van der Waals surface area contributed by atoms with Crippen molar-refractivity contribution in [3.63, 3.8) is 0 Å². The fourth-order valence-corrected chi connectivity index (χ4v) is 6.42. The molecule has 3 heteroatoms. The molecule has 0 bridgehead atoms. The van der Waals surface area contributed by atoms with Crippen LogP contribution < -0.4 is 0 Å². The zero-order valence-corrected chi connectivity index (χ0v) is 25.6. The van der Waals surface area contributed by atoms with Crippen molar-refractivity contribution in [2.75, 3.05) is 0 Å². The van der Waals surface area contributed by atoms with Crippen molar-refractivity contribution in [1.29, 1.82) is 0 Å². The van der Waals surface area contributed by atoms with Gasteiger partial charge in [0.2, 0.25) is 0 Å². The molecule has 2 aliphatic rings. The highest BCUT2D eigenvalue weighted by atomic mass is 15.0. The highest BCUT2D eigenvalue weighted by molar-refractivity contribution is 5.85. The molecule has 7 aromatic rings. The molecule has 1 fully saturated rings. The van der Waals surface area contributed by atoms with Gasteiger partial charge in [-0.2, -0.15) is 0 Å². The molecule has 0 saturated heterocycles. The molecule has 1 saturated carbocycles. The van der Waals surface area contributed by atoms with Gasteiger partial charge in [-0.15, -0.1) is 0 Å². The Morgan fingerprint density at radius 3 is 1.62 bits per heavy atom. The van der Waals surface area contributed by atoms with Crippen molar-refractivity contribution < 1.29 is 17.8 Å². The highest BCUT2D eigenvalue weighted by Gasteiger charge is 2.43. The lowest BCUT2D eigenvalue weighted by molar-refractivity contribution is 0.353. The number of aromatic nitrogens is 3. The highest BCUT2D eigenvalue weighted by Crippen LogP contribution is 2.56. The summed E-state index contributed by atoms with van der Waals surface area (Å²) in [6.45, 7) is 0. The molecule has 1 spiro atoms. The second kappa shape index (κ2) is 11.8. The van der Waals surface area contributed by atoms with Crippen LogP contribution in [0.5, 0.6) is 0 Å². The normalized spacial score (nSPS) is 21.5. The molecule has 1 heterocycles. The molecule has 9 rings (SSSR count). The number of hydrogen-bond donors (Lipinski definition) is 0. The largest absolute Gasteiger partial charge is 0.208 e. The molecule has 1 aromatic heterocycles. The van der Waals surface area contributed by atoms with Crippen molar-refractivity contribution in [2.24, 2.45) is 0 Å². The first-order valence-electron chi connectivity index (χ1n) is 22.2. The lowest BCUT2D eigenvalue weighted by Crippen LogP contribution is -2.28. The lowest BCUT2D eigenvalue weighted by atomic mass is 9.67. The first-order chi connectivity index (χ1) is 28.9. The number of rotatable bonds is 5. The van der Waals surface area contributed by atoms with Gasteiger partial charge in [0.25, 0.3) is 0 Å². The van der Waals surface area contributed by atoms with Gasteiger partial charge in [0.1, 0.15) is 0 Å². The standard InChI is InChI=1S/C45H35N3/c1-4-14-31(15-5-1)42-46-43(32-16-6-2-7-17-32)48-44(47-42)37-21-13-20-35(29-37)33-18-12-19-34(28-33)36-24-25-39-38-22-8-9-23-40(38)45(41(39)30-36)26-10-3-11-27-45/h1-2,4-9,12-25,28-30H,3,10-11,26-27H2/i3D2,8D,9D,22D,23D,24D,25D,26D2,27D2,30D. The van der Waals surface area contributed by atoms with Gasteiger partial charge in [0, 0.05) is 30.3 Å². The van der Waals surface area contributed by atoms with Crippen molar-refractivity contribution in [3.8, 4) is 67.5 Å². The van der Waals surface area contributed by atoms with Gasteiger partial charge in [0.15, 0.2) is 17.5 Å². The van der Waals surface area contributed by atoms with E-state index in [1.807, 2.05) is 91.0 Å². The van der Waals surface area contributed by atoms with Gasteiger partial charge >= 0.3 is 0 Å². The third-order valence-corrected chi connectivity index (χ3v) is 8.76. The predicted molar refractivity (Wildman–Crippen MR) is 196 cm³/mol. The summed E-state index contributed by atoms with van der Waals surface area (Å²) in [4.78, 5) is 14.5. The van der Waals surface area contributed by atoms with E-state index in [9.17, 15) is 9.60 Å². The van der Waals surface area contributed by atoms with Crippen LogP contribution in [-0.2, 0) is 5.41 Å². The Balaban J connectivity index is 1.23. The molecule has 2 aliphatic carbocycles. The fourth-order valence-electron chi connectivity index (χ4n) is 6.42. The number of hydrogen-bond acceptors (Lipinski definition) is 3. The average Bonchev–Trinajstić information content (AvgIpc) is 3.59. The van der Waals surface area contributed by atoms with Crippen LogP contribution in [0.4, 0.5) is 0 Å². The van der Waals surface area contributed by atoms with E-state index in [0.717, 1.165) is 11.1 Å². The first kappa shape index (κ1) is 18.0. The van der Waals surface area contributed by atoms with Gasteiger partial charge in [0.05, 0.1) is 9.60 Å². The number of benzene rings is 6. The smallest absolute Gasteiger partial charge is 0.164 e. The fraction of sp³-hybridized carbons (Fsp3) is 0.133. The molecule has 6 aromatic carbocycles. The summed E-state index contributed by atoms with van der Waals surface area (Å²) in [6.07, 6.45) is -9.78. The average molecular weight is 631 g/mol. The Labute approximate surface area is 300 Å². The van der Waals surface area contributed by atoms with Crippen molar-refractivity contribution >= 4 is 0 Å². The number of fused-ring (bicyclic) bond motifs is 5. The molecule has 0 atom stereocenters. The topological polar surface area (TPSA) is 38.7 Å². The summed E-state index contributed by atoms with van der Waals surface area (Å²) in [6, 6.07) is 29.1. The predicted octanol–water partition coefficient (Wildman–Crippen LogP) is 11.4. The minimum Gasteiger partial charge on any atom is -0.208 e. The Morgan fingerprint density at radius 1 is 0.479 bits per heavy atom. The van der Waals surface area contributed by atoms with Gasteiger partial charge in [-0.25, -0.2) is 15.0 Å². The molecule has 230 valence electrons. The van der Waals surface area contributed by atoms with Crippen LogP contribution in [0.15, 0.2) is 151 Å². The summed E-state index contributed by atoms with van der Waals surface area (Å²) in [5, 5.41) is 0. The Hall–Kier alpha value is -5.67. The Bertz CT molecular complexity index is 2860. The van der Waals surface area contributed by atoms with E-state index in [2.05, 4.69) is 0 Å². The number of nitrogens with zero attached hydrogens (tertiary/aromatic N) is 3. The van der Waals surface area contributed by atoms with Crippen LogP contribution in [0.3, 0.4) is 0 Å². The first-order valence-corrected chi connectivity index (χ1v) is 15.7. The molecule has 0 radical (unpaired) electrons. The van der Waals surface area contributed by atoms with Gasteiger partial charge in [-0.05, 0) is 75.4 Å². The monoisotopic (exact) mass is 630 g/mol. The summed E-state index contributed by atoms with van der Waals surface area (Å²) in [5.74, 6) is 1.40.